The maximum absolute atomic E-state index is 10.8. The van der Waals surface area contributed by atoms with Gasteiger partial charge < -0.3 is 11.1 Å². The molecule has 0 fully saturated rings. The Kier molecular flexibility index (Phi) is 2.25. The number of carbonyl (C=O) groups is 1. The van der Waals surface area contributed by atoms with Gasteiger partial charge in [-0.2, -0.15) is 0 Å². The fourth-order valence-corrected chi connectivity index (χ4v) is 1.38. The third-order valence-electron chi connectivity index (χ3n) is 2.02. The molecule has 1 heterocycles. The minimum absolute atomic E-state index is 0.134. The first-order valence-electron chi connectivity index (χ1n) is 4.59. The summed E-state index contributed by atoms with van der Waals surface area (Å²) >= 11 is 0. The number of nitrogens with two attached hydrogens (primary N) is 1. The van der Waals surface area contributed by atoms with E-state index in [1.165, 1.54) is 6.92 Å². The molecule has 2 aromatic rings. The van der Waals surface area contributed by atoms with E-state index in [1.54, 1.807) is 12.1 Å². The molecule has 1 aromatic heterocycles. The van der Waals surface area contributed by atoms with Crippen molar-refractivity contribution >= 4 is 28.3 Å². The number of nitrogens with one attached hydrogen (secondary N) is 1. The van der Waals surface area contributed by atoms with Gasteiger partial charge >= 0.3 is 0 Å². The number of nitrogens with zero attached hydrogens (tertiary/aromatic N) is 1. The molecule has 4 nitrogen and oxygen atoms in total. The van der Waals surface area contributed by atoms with Gasteiger partial charge in [-0.15, -0.1) is 0 Å². The van der Waals surface area contributed by atoms with Gasteiger partial charge in [0.15, 0.2) is 0 Å². The molecule has 0 aliphatic carbocycles. The Morgan fingerprint density at radius 2 is 2.07 bits per heavy atom. The molecule has 76 valence electrons. The third kappa shape index (κ3) is 2.04. The number of aromatic nitrogens is 1. The predicted molar refractivity (Wildman–Crippen MR) is 60.5 cm³/mol. The molecule has 0 aliphatic heterocycles. The van der Waals surface area contributed by atoms with Crippen molar-refractivity contribution in [3.8, 4) is 0 Å². The topological polar surface area (TPSA) is 68.0 Å². The highest BCUT2D eigenvalue weighted by Gasteiger charge is 1.99. The zero-order valence-corrected chi connectivity index (χ0v) is 8.32. The molecular formula is C11H11N3O. The average molecular weight is 201 g/mol. The summed E-state index contributed by atoms with van der Waals surface area (Å²) in [4.78, 5) is 15.1. The van der Waals surface area contributed by atoms with Crippen molar-refractivity contribution in [2.75, 3.05) is 11.1 Å². The molecule has 1 aromatic carbocycles. The van der Waals surface area contributed by atoms with Crippen LogP contribution in [0.3, 0.4) is 0 Å². The summed E-state index contributed by atoms with van der Waals surface area (Å²) in [5, 5.41) is 3.62. The van der Waals surface area contributed by atoms with Gasteiger partial charge in [-0.1, -0.05) is 6.07 Å². The van der Waals surface area contributed by atoms with Crippen LogP contribution in [-0.2, 0) is 4.79 Å². The monoisotopic (exact) mass is 201 g/mol. The maximum atomic E-state index is 10.8. The second kappa shape index (κ2) is 3.57. The first-order valence-corrected chi connectivity index (χ1v) is 4.59. The number of anilines is 2. The first kappa shape index (κ1) is 9.45. The molecule has 0 aliphatic rings. The fraction of sp³-hybridized carbons (Fsp3) is 0.0909. The van der Waals surface area contributed by atoms with Crippen LogP contribution in [0.1, 0.15) is 6.92 Å². The summed E-state index contributed by atoms with van der Waals surface area (Å²) < 4.78 is 0. The molecule has 0 bridgehead atoms. The maximum Gasteiger partial charge on any atom is 0.222 e. The zero-order valence-electron chi connectivity index (χ0n) is 8.32. The van der Waals surface area contributed by atoms with Crippen LogP contribution in [0.2, 0.25) is 0 Å². The molecule has 15 heavy (non-hydrogen) atoms. The highest BCUT2D eigenvalue weighted by molar-refractivity contribution is 5.90. The normalized spacial score (nSPS) is 10.2. The van der Waals surface area contributed by atoms with Crippen LogP contribution in [-0.4, -0.2) is 10.9 Å². The van der Waals surface area contributed by atoms with Crippen molar-refractivity contribution in [1.29, 1.82) is 0 Å². The van der Waals surface area contributed by atoms with Crippen molar-refractivity contribution in [2.24, 2.45) is 0 Å². The second-order valence-electron chi connectivity index (χ2n) is 3.33. The van der Waals surface area contributed by atoms with Gasteiger partial charge in [0.05, 0.1) is 5.52 Å². The Balaban J connectivity index is 2.49. The van der Waals surface area contributed by atoms with Crippen molar-refractivity contribution < 1.29 is 4.79 Å². The molecule has 3 N–H and O–H groups in total. The highest BCUT2D eigenvalue weighted by Crippen LogP contribution is 2.17. The molecule has 0 saturated heterocycles. The summed E-state index contributed by atoms with van der Waals surface area (Å²) in [7, 11) is 0. The van der Waals surface area contributed by atoms with E-state index >= 15 is 0 Å². The highest BCUT2D eigenvalue weighted by atomic mass is 16.1. The zero-order chi connectivity index (χ0) is 10.8. The standard InChI is InChI=1S/C11H11N3O/c1-7(15)13-11-5-3-8-2-4-9(12)6-10(8)14-11/h2-6H,12H2,1H3,(H,13,14,15). The Labute approximate surface area is 87.1 Å². The van der Waals surface area contributed by atoms with E-state index in [2.05, 4.69) is 10.3 Å². The smallest absolute Gasteiger partial charge is 0.222 e. The molecule has 4 heteroatoms. The number of benzene rings is 1. The van der Waals surface area contributed by atoms with Crippen molar-refractivity contribution in [1.82, 2.24) is 4.98 Å². The van der Waals surface area contributed by atoms with E-state index in [-0.39, 0.29) is 5.91 Å². The molecule has 0 spiro atoms. The molecular weight excluding hydrogens is 190 g/mol. The number of hydrogen-bond acceptors (Lipinski definition) is 3. The quantitative estimate of drug-likeness (QED) is 0.691. The van der Waals surface area contributed by atoms with Gasteiger partial charge in [-0.3, -0.25) is 4.79 Å². The molecule has 0 unspecified atom stereocenters. The lowest BCUT2D eigenvalue weighted by atomic mass is 10.2. The SMILES string of the molecule is CC(=O)Nc1ccc2ccc(N)cc2n1. The number of nitrogen functional groups attached to an aromatic ring is 1. The predicted octanol–water partition coefficient (Wildman–Crippen LogP) is 1.78. The Hall–Kier alpha value is -2.10. The van der Waals surface area contributed by atoms with E-state index in [9.17, 15) is 4.79 Å². The van der Waals surface area contributed by atoms with E-state index in [4.69, 9.17) is 5.73 Å². The molecule has 0 atom stereocenters. The Morgan fingerprint density at radius 1 is 1.33 bits per heavy atom. The number of carbonyl (C=O) groups excluding carboxylic acids is 1. The number of amides is 1. The Morgan fingerprint density at radius 3 is 2.80 bits per heavy atom. The van der Waals surface area contributed by atoms with Crippen LogP contribution in [0.15, 0.2) is 30.3 Å². The van der Waals surface area contributed by atoms with E-state index in [0.29, 0.717) is 11.5 Å². The molecule has 0 saturated carbocycles. The Bertz CT molecular complexity index is 522. The van der Waals surface area contributed by atoms with Gasteiger partial charge in [0.1, 0.15) is 5.82 Å². The van der Waals surface area contributed by atoms with E-state index in [1.807, 2.05) is 18.2 Å². The minimum Gasteiger partial charge on any atom is -0.399 e. The number of fused-ring (bicyclic) bond motifs is 1. The fourth-order valence-electron chi connectivity index (χ4n) is 1.38. The van der Waals surface area contributed by atoms with Crippen LogP contribution in [0.25, 0.3) is 10.9 Å². The second-order valence-corrected chi connectivity index (χ2v) is 3.33. The van der Waals surface area contributed by atoms with E-state index < -0.39 is 0 Å². The van der Waals surface area contributed by atoms with Crippen LogP contribution < -0.4 is 11.1 Å². The van der Waals surface area contributed by atoms with Gasteiger partial charge in [-0.05, 0) is 24.3 Å². The summed E-state index contributed by atoms with van der Waals surface area (Å²) in [5.74, 6) is 0.409. The minimum atomic E-state index is -0.134. The summed E-state index contributed by atoms with van der Waals surface area (Å²) in [6, 6.07) is 9.16. The van der Waals surface area contributed by atoms with Crippen LogP contribution in [0, 0.1) is 0 Å². The van der Waals surface area contributed by atoms with Crippen molar-refractivity contribution in [3.63, 3.8) is 0 Å². The number of pyridine rings is 1. The van der Waals surface area contributed by atoms with Crippen molar-refractivity contribution in [2.45, 2.75) is 6.92 Å². The molecule has 2 rings (SSSR count). The molecule has 1 amide bonds. The summed E-state index contributed by atoms with van der Waals surface area (Å²) in [6.45, 7) is 1.45. The van der Waals surface area contributed by atoms with Crippen LogP contribution in [0.4, 0.5) is 11.5 Å². The van der Waals surface area contributed by atoms with Crippen LogP contribution in [0.5, 0.6) is 0 Å². The first-order chi connectivity index (χ1) is 7.15. The van der Waals surface area contributed by atoms with Crippen molar-refractivity contribution in [3.05, 3.63) is 30.3 Å². The van der Waals surface area contributed by atoms with Gasteiger partial charge in [0.25, 0.3) is 0 Å². The number of hydrogen-bond donors (Lipinski definition) is 2. The third-order valence-corrected chi connectivity index (χ3v) is 2.02. The number of rotatable bonds is 1. The molecule has 0 radical (unpaired) electrons. The largest absolute Gasteiger partial charge is 0.399 e. The van der Waals surface area contributed by atoms with E-state index in [0.717, 1.165) is 10.9 Å². The lowest BCUT2D eigenvalue weighted by molar-refractivity contribution is -0.114. The van der Waals surface area contributed by atoms with Gasteiger partial charge in [-0.25, -0.2) is 4.98 Å². The van der Waals surface area contributed by atoms with Crippen LogP contribution >= 0.6 is 0 Å². The van der Waals surface area contributed by atoms with Gasteiger partial charge in [0, 0.05) is 18.0 Å². The lowest BCUT2D eigenvalue weighted by Crippen LogP contribution is -2.07. The van der Waals surface area contributed by atoms with Gasteiger partial charge in [0.2, 0.25) is 5.91 Å². The lowest BCUT2D eigenvalue weighted by Gasteiger charge is -2.03. The summed E-state index contributed by atoms with van der Waals surface area (Å²) in [6.07, 6.45) is 0. The summed E-state index contributed by atoms with van der Waals surface area (Å²) in [5.41, 5.74) is 7.09. The average Bonchev–Trinajstić information content (AvgIpc) is 2.16.